The van der Waals surface area contributed by atoms with Gasteiger partial charge in [0.2, 0.25) is 0 Å². The molecule has 0 N–H and O–H groups in total. The van der Waals surface area contributed by atoms with Crippen molar-refractivity contribution in [3.8, 4) is 0 Å². The molecule has 0 aliphatic carbocycles. The van der Waals surface area contributed by atoms with Crippen molar-refractivity contribution in [3.63, 3.8) is 0 Å². The molecule has 12 heavy (non-hydrogen) atoms. The molecule has 0 aliphatic rings. The van der Waals surface area contributed by atoms with Gasteiger partial charge < -0.3 is 0 Å². The molecule has 2 heteroatoms. The second kappa shape index (κ2) is 5.40. The Hall–Kier alpha value is -0.262. The van der Waals surface area contributed by atoms with Crippen LogP contribution in [-0.4, -0.2) is 41.3 Å². The fourth-order valence-electron chi connectivity index (χ4n) is 0.913. The molecular formula is C10H15AsN. The number of rotatable bonds is 4. The fourth-order valence-corrected chi connectivity index (χ4v) is 3.31. The van der Waals surface area contributed by atoms with E-state index in [1.165, 1.54) is 16.1 Å². The normalized spacial score (nSPS) is 11.6. The Kier molecular flexibility index (Phi) is 4.42. The zero-order valence-electron chi connectivity index (χ0n) is 7.70. The third-order valence-corrected chi connectivity index (χ3v) is 3.88. The summed E-state index contributed by atoms with van der Waals surface area (Å²) in [7, 11) is 4.26. The summed E-state index contributed by atoms with van der Waals surface area (Å²) < 4.78 is 1.54. The quantitative estimate of drug-likeness (QED) is 0.689. The van der Waals surface area contributed by atoms with E-state index in [1.54, 1.807) is 0 Å². The van der Waals surface area contributed by atoms with Crippen molar-refractivity contribution in [3.05, 3.63) is 30.3 Å². The van der Waals surface area contributed by atoms with Gasteiger partial charge in [0.15, 0.2) is 0 Å². The van der Waals surface area contributed by atoms with Crippen molar-refractivity contribution in [1.29, 1.82) is 0 Å². The molecule has 0 bridgehead atoms. The van der Waals surface area contributed by atoms with E-state index in [-0.39, 0.29) is 0 Å². The Labute approximate surface area is 81.5 Å². The molecule has 0 fully saturated rings. The van der Waals surface area contributed by atoms with Crippen LogP contribution in [0.1, 0.15) is 0 Å². The van der Waals surface area contributed by atoms with E-state index in [1.807, 2.05) is 0 Å². The second-order valence-corrected chi connectivity index (χ2v) is 5.71. The van der Waals surface area contributed by atoms with Gasteiger partial charge in [0.25, 0.3) is 0 Å². The van der Waals surface area contributed by atoms with Crippen molar-refractivity contribution in [2.24, 2.45) is 0 Å². The van der Waals surface area contributed by atoms with Crippen molar-refractivity contribution in [2.45, 2.75) is 5.21 Å². The van der Waals surface area contributed by atoms with Crippen molar-refractivity contribution < 1.29 is 0 Å². The third kappa shape index (κ3) is 3.94. The zero-order chi connectivity index (χ0) is 8.81. The van der Waals surface area contributed by atoms with E-state index >= 15 is 0 Å². The summed E-state index contributed by atoms with van der Waals surface area (Å²) >= 11 is 0.391. The van der Waals surface area contributed by atoms with Crippen LogP contribution in [0.15, 0.2) is 30.3 Å². The first-order chi connectivity index (χ1) is 5.79. The van der Waals surface area contributed by atoms with E-state index in [0.29, 0.717) is 15.8 Å². The van der Waals surface area contributed by atoms with Gasteiger partial charge in [-0.15, -0.1) is 0 Å². The first-order valence-corrected chi connectivity index (χ1v) is 6.43. The van der Waals surface area contributed by atoms with Crippen molar-refractivity contribution in [1.82, 2.24) is 4.90 Å². The van der Waals surface area contributed by atoms with Crippen molar-refractivity contribution >= 4 is 20.1 Å². The maximum atomic E-state index is 2.25. The van der Waals surface area contributed by atoms with Crippen LogP contribution in [-0.2, 0) is 0 Å². The van der Waals surface area contributed by atoms with Gasteiger partial charge >= 0.3 is 81.2 Å². The Morgan fingerprint density at radius 3 is 2.42 bits per heavy atom. The van der Waals surface area contributed by atoms with Crippen LogP contribution >= 0.6 is 0 Å². The predicted octanol–water partition coefficient (Wildman–Crippen LogP) is 0.996. The van der Waals surface area contributed by atoms with Gasteiger partial charge in [-0.25, -0.2) is 0 Å². The SMILES string of the molecule is CN(C)CC[As]c1ccccc1. The van der Waals surface area contributed by atoms with Gasteiger partial charge in [-0.05, 0) is 0 Å². The van der Waals surface area contributed by atoms with Crippen LogP contribution in [0.2, 0.25) is 5.21 Å². The molecule has 1 nitrogen and oxygen atoms in total. The topological polar surface area (TPSA) is 3.24 Å². The number of hydrogen-bond donors (Lipinski definition) is 0. The van der Waals surface area contributed by atoms with E-state index < -0.39 is 0 Å². The Balaban J connectivity index is 2.25. The Morgan fingerprint density at radius 1 is 1.17 bits per heavy atom. The molecule has 0 aromatic heterocycles. The van der Waals surface area contributed by atoms with Gasteiger partial charge in [-0.1, -0.05) is 0 Å². The molecule has 1 radical (unpaired) electrons. The number of nitrogens with zero attached hydrogens (tertiary/aromatic N) is 1. The molecule has 0 saturated heterocycles. The minimum absolute atomic E-state index is 0.391. The first-order valence-electron chi connectivity index (χ1n) is 4.16. The molecular weight excluding hydrogens is 209 g/mol. The van der Waals surface area contributed by atoms with Crippen LogP contribution in [0.4, 0.5) is 0 Å². The number of hydrogen-bond acceptors (Lipinski definition) is 1. The zero-order valence-corrected chi connectivity index (χ0v) is 9.57. The predicted molar refractivity (Wildman–Crippen MR) is 55.2 cm³/mol. The number of benzene rings is 1. The molecule has 1 rings (SSSR count). The summed E-state index contributed by atoms with van der Waals surface area (Å²) in [4.78, 5) is 2.25. The van der Waals surface area contributed by atoms with Crippen LogP contribution in [0.5, 0.6) is 0 Å². The van der Waals surface area contributed by atoms with E-state index in [0.717, 1.165) is 0 Å². The maximum absolute atomic E-state index is 2.25. The average molecular weight is 224 g/mol. The summed E-state index contributed by atoms with van der Waals surface area (Å²) in [5.41, 5.74) is 0. The molecule has 0 saturated carbocycles. The minimum atomic E-state index is 0.391. The first kappa shape index (κ1) is 9.82. The third-order valence-electron chi connectivity index (χ3n) is 1.60. The molecule has 0 atom stereocenters. The summed E-state index contributed by atoms with van der Waals surface area (Å²) in [6.07, 6.45) is 0. The molecule has 0 spiro atoms. The van der Waals surface area contributed by atoms with Gasteiger partial charge in [0.05, 0.1) is 0 Å². The van der Waals surface area contributed by atoms with E-state index in [9.17, 15) is 0 Å². The Bertz CT molecular complexity index is 208. The van der Waals surface area contributed by atoms with Crippen molar-refractivity contribution in [2.75, 3.05) is 20.6 Å². The van der Waals surface area contributed by atoms with Crippen LogP contribution in [0, 0.1) is 0 Å². The summed E-state index contributed by atoms with van der Waals surface area (Å²) in [5, 5.41) is 1.34. The van der Waals surface area contributed by atoms with E-state index in [2.05, 4.69) is 49.3 Å². The molecule has 0 amide bonds. The summed E-state index contributed by atoms with van der Waals surface area (Å²) in [6, 6.07) is 10.8. The fraction of sp³-hybridized carbons (Fsp3) is 0.400. The summed E-state index contributed by atoms with van der Waals surface area (Å²) in [6.45, 7) is 1.22. The molecule has 0 heterocycles. The van der Waals surface area contributed by atoms with Gasteiger partial charge in [0.1, 0.15) is 0 Å². The van der Waals surface area contributed by atoms with Crippen LogP contribution < -0.4 is 4.35 Å². The second-order valence-electron chi connectivity index (χ2n) is 3.02. The van der Waals surface area contributed by atoms with Gasteiger partial charge in [-0.2, -0.15) is 0 Å². The Morgan fingerprint density at radius 2 is 1.83 bits per heavy atom. The van der Waals surface area contributed by atoms with Gasteiger partial charge in [-0.3, -0.25) is 0 Å². The van der Waals surface area contributed by atoms with Crippen LogP contribution in [0.3, 0.4) is 0 Å². The molecule has 65 valence electrons. The molecule has 1 aromatic rings. The van der Waals surface area contributed by atoms with Gasteiger partial charge in [0, 0.05) is 0 Å². The monoisotopic (exact) mass is 224 g/mol. The molecule has 0 unspecified atom stereocenters. The summed E-state index contributed by atoms with van der Waals surface area (Å²) in [5.74, 6) is 0. The van der Waals surface area contributed by atoms with Crippen LogP contribution in [0.25, 0.3) is 0 Å². The molecule has 0 aliphatic heterocycles. The average Bonchev–Trinajstić information content (AvgIpc) is 2.05. The van der Waals surface area contributed by atoms with E-state index in [4.69, 9.17) is 0 Å². The molecule has 1 aromatic carbocycles. The standard InChI is InChI=1S/C10H15AsN/c1-12(2)9-8-11-10-6-4-3-5-7-10/h3-7H,8-9H2,1-2H3.